The van der Waals surface area contributed by atoms with Gasteiger partial charge in [-0.05, 0) is 36.5 Å². The van der Waals surface area contributed by atoms with Gasteiger partial charge >= 0.3 is 0 Å². The lowest BCUT2D eigenvalue weighted by Gasteiger charge is -1.92. The van der Waals surface area contributed by atoms with E-state index in [1.165, 1.54) is 29.3 Å². The van der Waals surface area contributed by atoms with E-state index in [4.69, 9.17) is 0 Å². The van der Waals surface area contributed by atoms with Crippen molar-refractivity contribution in [1.29, 1.82) is 0 Å². The summed E-state index contributed by atoms with van der Waals surface area (Å²) in [6, 6.07) is 9.23. The van der Waals surface area contributed by atoms with Crippen LogP contribution in [-0.4, -0.2) is 4.98 Å². The summed E-state index contributed by atoms with van der Waals surface area (Å²) in [4.78, 5) is 3.28. The SMILES string of the molecule is [c]1ccc2c(C3CC3)c[nH]c2c1. The number of hydrogen-bond acceptors (Lipinski definition) is 0. The molecule has 0 unspecified atom stereocenters. The van der Waals surface area contributed by atoms with E-state index in [0.717, 1.165) is 5.92 Å². The van der Waals surface area contributed by atoms with E-state index in [1.807, 2.05) is 12.1 Å². The number of nitrogens with one attached hydrogen (secondary N) is 1. The third kappa shape index (κ3) is 0.795. The Morgan fingerprint density at radius 1 is 1.42 bits per heavy atom. The summed E-state index contributed by atoms with van der Waals surface area (Å²) in [6.45, 7) is 0. The topological polar surface area (TPSA) is 15.8 Å². The number of rotatable bonds is 1. The van der Waals surface area contributed by atoms with Crippen molar-refractivity contribution < 1.29 is 0 Å². The van der Waals surface area contributed by atoms with Crippen molar-refractivity contribution in [2.24, 2.45) is 0 Å². The normalized spacial score (nSPS) is 17.0. The van der Waals surface area contributed by atoms with Crippen molar-refractivity contribution >= 4 is 10.9 Å². The number of benzene rings is 1. The molecule has 2 aromatic rings. The van der Waals surface area contributed by atoms with Crippen LogP contribution < -0.4 is 0 Å². The molecular weight excluding hydrogens is 146 g/mol. The molecule has 1 radical (unpaired) electrons. The maximum atomic E-state index is 3.28. The van der Waals surface area contributed by atoms with Crippen molar-refractivity contribution in [2.45, 2.75) is 18.8 Å². The quantitative estimate of drug-likeness (QED) is 0.653. The lowest BCUT2D eigenvalue weighted by Crippen LogP contribution is -1.72. The molecule has 3 rings (SSSR count). The molecule has 1 aliphatic carbocycles. The van der Waals surface area contributed by atoms with E-state index < -0.39 is 0 Å². The van der Waals surface area contributed by atoms with Crippen LogP contribution in [0.4, 0.5) is 0 Å². The molecule has 1 fully saturated rings. The average Bonchev–Trinajstić information content (AvgIpc) is 2.86. The minimum atomic E-state index is 0.834. The number of H-pyrrole nitrogens is 1. The summed E-state index contributed by atoms with van der Waals surface area (Å²) in [5.41, 5.74) is 2.72. The number of hydrogen-bond donors (Lipinski definition) is 1. The molecule has 0 aliphatic heterocycles. The summed E-state index contributed by atoms with van der Waals surface area (Å²) in [7, 11) is 0. The fourth-order valence-corrected chi connectivity index (χ4v) is 1.77. The van der Waals surface area contributed by atoms with Gasteiger partial charge in [-0.1, -0.05) is 12.1 Å². The van der Waals surface area contributed by atoms with Gasteiger partial charge in [-0.15, -0.1) is 0 Å². The van der Waals surface area contributed by atoms with Gasteiger partial charge in [0, 0.05) is 17.1 Å². The molecule has 1 saturated carbocycles. The van der Waals surface area contributed by atoms with Gasteiger partial charge in [0.1, 0.15) is 0 Å². The maximum Gasteiger partial charge on any atom is 0.0463 e. The third-order valence-corrected chi connectivity index (χ3v) is 2.58. The highest BCUT2D eigenvalue weighted by molar-refractivity contribution is 5.83. The van der Waals surface area contributed by atoms with Crippen LogP contribution in [0.5, 0.6) is 0 Å². The minimum absolute atomic E-state index is 0.834. The second-order valence-electron chi connectivity index (χ2n) is 3.49. The highest BCUT2D eigenvalue weighted by atomic mass is 14.7. The first-order valence-electron chi connectivity index (χ1n) is 4.42. The van der Waals surface area contributed by atoms with Crippen molar-refractivity contribution in [3.8, 4) is 0 Å². The van der Waals surface area contributed by atoms with E-state index >= 15 is 0 Å². The fourth-order valence-electron chi connectivity index (χ4n) is 1.77. The Labute approximate surface area is 71.4 Å². The Morgan fingerprint density at radius 2 is 2.33 bits per heavy atom. The minimum Gasteiger partial charge on any atom is -0.361 e. The smallest absolute Gasteiger partial charge is 0.0463 e. The fraction of sp³-hybridized carbons (Fsp3) is 0.273. The lowest BCUT2D eigenvalue weighted by molar-refractivity contribution is 1.15. The van der Waals surface area contributed by atoms with Crippen LogP contribution in [0.3, 0.4) is 0 Å². The monoisotopic (exact) mass is 156 g/mol. The summed E-state index contributed by atoms with van der Waals surface area (Å²) in [5.74, 6) is 0.834. The molecule has 0 bridgehead atoms. The molecule has 0 spiro atoms. The summed E-state index contributed by atoms with van der Waals surface area (Å²) in [6.07, 6.45) is 4.88. The predicted octanol–water partition coefficient (Wildman–Crippen LogP) is 2.85. The molecule has 0 atom stereocenters. The van der Waals surface area contributed by atoms with Crippen LogP contribution >= 0.6 is 0 Å². The van der Waals surface area contributed by atoms with Gasteiger partial charge < -0.3 is 4.98 Å². The molecule has 1 N–H and O–H groups in total. The van der Waals surface area contributed by atoms with Crippen LogP contribution in [0.15, 0.2) is 24.4 Å². The first-order valence-corrected chi connectivity index (χ1v) is 4.42. The Balaban J connectivity index is 2.30. The zero-order valence-corrected chi connectivity index (χ0v) is 6.80. The highest BCUT2D eigenvalue weighted by Gasteiger charge is 2.25. The first kappa shape index (κ1) is 6.30. The second-order valence-corrected chi connectivity index (χ2v) is 3.49. The van der Waals surface area contributed by atoms with Crippen LogP contribution in [0.2, 0.25) is 0 Å². The van der Waals surface area contributed by atoms with Crippen LogP contribution in [0.1, 0.15) is 24.3 Å². The zero-order chi connectivity index (χ0) is 7.97. The van der Waals surface area contributed by atoms with Gasteiger partial charge in [0.15, 0.2) is 0 Å². The summed E-state index contributed by atoms with van der Waals surface area (Å²) in [5, 5.41) is 1.39. The second kappa shape index (κ2) is 2.13. The van der Waals surface area contributed by atoms with Crippen molar-refractivity contribution in [3.63, 3.8) is 0 Å². The van der Waals surface area contributed by atoms with Gasteiger partial charge in [0.25, 0.3) is 0 Å². The average molecular weight is 156 g/mol. The van der Waals surface area contributed by atoms with Gasteiger partial charge in [-0.3, -0.25) is 0 Å². The van der Waals surface area contributed by atoms with Crippen LogP contribution in [-0.2, 0) is 0 Å². The maximum absolute atomic E-state index is 3.28. The third-order valence-electron chi connectivity index (χ3n) is 2.58. The highest BCUT2D eigenvalue weighted by Crippen LogP contribution is 2.42. The molecule has 59 valence electrons. The molecule has 1 nitrogen and oxygen atoms in total. The number of aromatic nitrogens is 1. The molecule has 1 heterocycles. The summed E-state index contributed by atoms with van der Waals surface area (Å²) < 4.78 is 0. The van der Waals surface area contributed by atoms with Crippen molar-refractivity contribution in [2.75, 3.05) is 0 Å². The van der Waals surface area contributed by atoms with Crippen LogP contribution in [0.25, 0.3) is 10.9 Å². The molecule has 12 heavy (non-hydrogen) atoms. The standard InChI is InChI=1S/C11H10N/c1-2-4-11-9(3-1)10(7-12-11)8-5-6-8/h1,3-4,7-8,12H,5-6H2. The molecule has 0 saturated heterocycles. The number of aromatic amines is 1. The van der Waals surface area contributed by atoms with Gasteiger partial charge in [0.05, 0.1) is 0 Å². The van der Waals surface area contributed by atoms with E-state index in [2.05, 4.69) is 23.3 Å². The van der Waals surface area contributed by atoms with Gasteiger partial charge in [-0.25, -0.2) is 0 Å². The molecule has 0 amide bonds. The van der Waals surface area contributed by atoms with E-state index in [0.29, 0.717) is 0 Å². The van der Waals surface area contributed by atoms with Gasteiger partial charge in [0.2, 0.25) is 0 Å². The molecule has 1 heteroatoms. The van der Waals surface area contributed by atoms with E-state index in [-0.39, 0.29) is 0 Å². The predicted molar refractivity (Wildman–Crippen MR) is 49.1 cm³/mol. The van der Waals surface area contributed by atoms with E-state index in [9.17, 15) is 0 Å². The first-order chi connectivity index (χ1) is 5.95. The number of fused-ring (bicyclic) bond motifs is 1. The van der Waals surface area contributed by atoms with Gasteiger partial charge in [-0.2, -0.15) is 0 Å². The molecule has 1 aliphatic rings. The van der Waals surface area contributed by atoms with Crippen molar-refractivity contribution in [3.05, 3.63) is 36.0 Å². The lowest BCUT2D eigenvalue weighted by atomic mass is 10.1. The Kier molecular flexibility index (Phi) is 1.12. The van der Waals surface area contributed by atoms with E-state index in [1.54, 1.807) is 0 Å². The Hall–Kier alpha value is -1.24. The molecule has 1 aromatic carbocycles. The summed E-state index contributed by atoms with van der Waals surface area (Å²) >= 11 is 0. The molecular formula is C11H10N. The van der Waals surface area contributed by atoms with Crippen molar-refractivity contribution in [1.82, 2.24) is 4.98 Å². The largest absolute Gasteiger partial charge is 0.361 e. The Bertz CT molecular complexity index is 410. The zero-order valence-electron chi connectivity index (χ0n) is 6.80. The van der Waals surface area contributed by atoms with Crippen LogP contribution in [0, 0.1) is 6.07 Å². The molecule has 1 aromatic heterocycles. The Morgan fingerprint density at radius 3 is 3.17 bits per heavy atom.